The van der Waals surface area contributed by atoms with Gasteiger partial charge in [0.05, 0.1) is 23.4 Å². The SMILES string of the molecule is COCCn1c(SCC(=O)Nc2cccc(C)c2C)nc2ccccc21. The van der Waals surface area contributed by atoms with Crippen LogP contribution in [0.4, 0.5) is 5.69 Å². The number of carbonyl (C=O) groups is 1. The first-order valence-electron chi connectivity index (χ1n) is 8.53. The summed E-state index contributed by atoms with van der Waals surface area (Å²) in [5, 5.41) is 3.83. The molecule has 0 aliphatic carbocycles. The number of aromatic nitrogens is 2. The number of nitrogens with one attached hydrogen (secondary N) is 1. The number of methoxy groups -OCH3 is 1. The second-order valence-electron chi connectivity index (χ2n) is 6.11. The zero-order valence-electron chi connectivity index (χ0n) is 15.3. The molecule has 0 unspecified atom stereocenters. The van der Waals surface area contributed by atoms with Crippen LogP contribution in [0.3, 0.4) is 0 Å². The maximum atomic E-state index is 12.4. The Labute approximate surface area is 157 Å². The summed E-state index contributed by atoms with van der Waals surface area (Å²) in [6.45, 7) is 5.36. The van der Waals surface area contributed by atoms with Crippen molar-refractivity contribution in [3.05, 3.63) is 53.6 Å². The van der Waals surface area contributed by atoms with Crippen molar-refractivity contribution in [3.8, 4) is 0 Å². The van der Waals surface area contributed by atoms with Gasteiger partial charge in [-0.25, -0.2) is 4.98 Å². The van der Waals surface area contributed by atoms with Crippen LogP contribution < -0.4 is 5.32 Å². The maximum absolute atomic E-state index is 12.4. The summed E-state index contributed by atoms with van der Waals surface area (Å²) in [4.78, 5) is 17.1. The van der Waals surface area contributed by atoms with Gasteiger partial charge >= 0.3 is 0 Å². The van der Waals surface area contributed by atoms with Gasteiger partial charge in [-0.2, -0.15) is 0 Å². The van der Waals surface area contributed by atoms with Gasteiger partial charge in [0, 0.05) is 19.3 Å². The van der Waals surface area contributed by atoms with E-state index >= 15 is 0 Å². The van der Waals surface area contributed by atoms with Crippen molar-refractivity contribution in [1.29, 1.82) is 0 Å². The second-order valence-corrected chi connectivity index (χ2v) is 7.05. The lowest BCUT2D eigenvalue weighted by Gasteiger charge is -2.11. The van der Waals surface area contributed by atoms with Crippen LogP contribution in [0.2, 0.25) is 0 Å². The zero-order chi connectivity index (χ0) is 18.5. The van der Waals surface area contributed by atoms with E-state index in [-0.39, 0.29) is 5.91 Å². The average molecular weight is 369 g/mol. The lowest BCUT2D eigenvalue weighted by molar-refractivity contribution is -0.113. The molecule has 0 spiro atoms. The Bertz CT molecular complexity index is 921. The summed E-state index contributed by atoms with van der Waals surface area (Å²) < 4.78 is 7.32. The smallest absolute Gasteiger partial charge is 0.234 e. The Kier molecular flexibility index (Phi) is 5.96. The molecule has 0 aliphatic heterocycles. The zero-order valence-corrected chi connectivity index (χ0v) is 16.1. The van der Waals surface area contributed by atoms with Crippen LogP contribution in [0.15, 0.2) is 47.6 Å². The third-order valence-corrected chi connectivity index (χ3v) is 5.33. The largest absolute Gasteiger partial charge is 0.383 e. The molecule has 1 heterocycles. The number of ether oxygens (including phenoxy) is 1. The number of anilines is 1. The molecule has 5 nitrogen and oxygen atoms in total. The van der Waals surface area contributed by atoms with E-state index < -0.39 is 0 Å². The van der Waals surface area contributed by atoms with Crippen LogP contribution in [-0.4, -0.2) is 34.9 Å². The average Bonchev–Trinajstić information content (AvgIpc) is 2.99. The van der Waals surface area contributed by atoms with Crippen LogP contribution in [-0.2, 0) is 16.1 Å². The number of rotatable bonds is 7. The maximum Gasteiger partial charge on any atom is 0.234 e. The lowest BCUT2D eigenvalue weighted by Crippen LogP contribution is -2.16. The van der Waals surface area contributed by atoms with Crippen molar-refractivity contribution in [1.82, 2.24) is 9.55 Å². The predicted molar refractivity (Wildman–Crippen MR) is 107 cm³/mol. The monoisotopic (exact) mass is 369 g/mol. The molecule has 6 heteroatoms. The van der Waals surface area contributed by atoms with Crippen LogP contribution in [0.1, 0.15) is 11.1 Å². The summed E-state index contributed by atoms with van der Waals surface area (Å²) in [6.07, 6.45) is 0. The van der Waals surface area contributed by atoms with Crippen molar-refractivity contribution in [2.75, 3.05) is 24.8 Å². The van der Waals surface area contributed by atoms with Gasteiger partial charge in [-0.15, -0.1) is 0 Å². The summed E-state index contributed by atoms with van der Waals surface area (Å²) in [5.41, 5.74) is 5.11. The van der Waals surface area contributed by atoms with Crippen molar-refractivity contribution in [2.24, 2.45) is 0 Å². The number of fused-ring (bicyclic) bond motifs is 1. The standard InChI is InChI=1S/C20H23N3O2S/c1-14-7-6-9-16(15(14)2)21-19(24)13-26-20-22-17-8-4-5-10-18(17)23(20)11-12-25-3/h4-10H,11-13H2,1-3H3,(H,21,24). The Morgan fingerprint density at radius 3 is 2.81 bits per heavy atom. The number of nitrogens with zero attached hydrogens (tertiary/aromatic N) is 2. The number of amides is 1. The van der Waals surface area contributed by atoms with E-state index in [0.717, 1.165) is 33.0 Å². The van der Waals surface area contributed by atoms with Crippen molar-refractivity contribution in [3.63, 3.8) is 0 Å². The van der Waals surface area contributed by atoms with Crippen LogP contribution in [0.5, 0.6) is 0 Å². The Hall–Kier alpha value is -2.31. The third kappa shape index (κ3) is 4.08. The fourth-order valence-electron chi connectivity index (χ4n) is 2.77. The van der Waals surface area contributed by atoms with E-state index in [9.17, 15) is 4.79 Å². The van der Waals surface area contributed by atoms with E-state index in [4.69, 9.17) is 4.74 Å². The summed E-state index contributed by atoms with van der Waals surface area (Å²) >= 11 is 1.44. The van der Waals surface area contributed by atoms with E-state index in [2.05, 4.69) is 14.9 Å². The van der Waals surface area contributed by atoms with Crippen molar-refractivity contribution in [2.45, 2.75) is 25.5 Å². The van der Waals surface area contributed by atoms with E-state index in [1.54, 1.807) is 7.11 Å². The fraction of sp³-hybridized carbons (Fsp3) is 0.300. The molecule has 0 atom stereocenters. The Morgan fingerprint density at radius 1 is 1.19 bits per heavy atom. The molecule has 136 valence electrons. The summed E-state index contributed by atoms with van der Waals surface area (Å²) in [7, 11) is 1.68. The minimum absolute atomic E-state index is 0.0333. The molecule has 0 aliphatic rings. The van der Waals surface area contributed by atoms with Crippen molar-refractivity contribution >= 4 is 34.4 Å². The summed E-state index contributed by atoms with van der Waals surface area (Å²) in [5.74, 6) is 0.276. The molecule has 1 amide bonds. The fourth-order valence-corrected chi connectivity index (χ4v) is 3.61. The van der Waals surface area contributed by atoms with Gasteiger partial charge in [-0.05, 0) is 43.2 Å². The van der Waals surface area contributed by atoms with Crippen LogP contribution in [0, 0.1) is 13.8 Å². The van der Waals surface area contributed by atoms with E-state index in [0.29, 0.717) is 18.9 Å². The molecule has 0 saturated heterocycles. The number of imidazole rings is 1. The molecule has 0 saturated carbocycles. The second kappa shape index (κ2) is 8.38. The molecule has 26 heavy (non-hydrogen) atoms. The van der Waals surface area contributed by atoms with Crippen LogP contribution >= 0.6 is 11.8 Å². The number of para-hydroxylation sites is 2. The van der Waals surface area contributed by atoms with Gasteiger partial charge in [0.25, 0.3) is 0 Å². The normalized spacial score (nSPS) is 11.0. The highest BCUT2D eigenvalue weighted by Gasteiger charge is 2.13. The van der Waals surface area contributed by atoms with Gasteiger partial charge in [-0.3, -0.25) is 4.79 Å². The molecule has 3 rings (SSSR count). The molecule has 1 aromatic heterocycles. The lowest BCUT2D eigenvalue weighted by atomic mass is 10.1. The quantitative estimate of drug-likeness (QED) is 0.639. The first-order chi connectivity index (χ1) is 12.6. The molecule has 0 bridgehead atoms. The minimum atomic E-state index is -0.0333. The number of hydrogen-bond donors (Lipinski definition) is 1. The molecule has 3 aromatic rings. The van der Waals surface area contributed by atoms with Crippen LogP contribution in [0.25, 0.3) is 11.0 Å². The van der Waals surface area contributed by atoms with E-state index in [1.807, 2.05) is 56.3 Å². The minimum Gasteiger partial charge on any atom is -0.383 e. The summed E-state index contributed by atoms with van der Waals surface area (Å²) in [6, 6.07) is 13.9. The van der Waals surface area contributed by atoms with Crippen molar-refractivity contribution < 1.29 is 9.53 Å². The molecule has 0 fully saturated rings. The number of aryl methyl sites for hydroxylation is 1. The highest BCUT2D eigenvalue weighted by Crippen LogP contribution is 2.25. The molecular formula is C20H23N3O2S. The van der Waals surface area contributed by atoms with Gasteiger partial charge in [0.1, 0.15) is 0 Å². The molecule has 1 N–H and O–H groups in total. The number of carbonyl (C=O) groups excluding carboxylic acids is 1. The predicted octanol–water partition coefficient (Wildman–Crippen LogP) is 4.03. The first kappa shape index (κ1) is 18.5. The number of thioether (sulfide) groups is 1. The van der Waals surface area contributed by atoms with E-state index in [1.165, 1.54) is 11.8 Å². The van der Waals surface area contributed by atoms with Gasteiger partial charge in [-0.1, -0.05) is 36.0 Å². The number of benzene rings is 2. The van der Waals surface area contributed by atoms with Gasteiger partial charge in [0.15, 0.2) is 5.16 Å². The Balaban J connectivity index is 1.72. The molecule has 0 radical (unpaired) electrons. The van der Waals surface area contributed by atoms with Gasteiger partial charge in [0.2, 0.25) is 5.91 Å². The molecular weight excluding hydrogens is 346 g/mol. The molecule has 2 aromatic carbocycles. The topological polar surface area (TPSA) is 56.1 Å². The van der Waals surface area contributed by atoms with Gasteiger partial charge < -0.3 is 14.6 Å². The highest BCUT2D eigenvalue weighted by molar-refractivity contribution is 7.99. The third-order valence-electron chi connectivity index (χ3n) is 4.35. The Morgan fingerprint density at radius 2 is 2.00 bits per heavy atom. The highest BCUT2D eigenvalue weighted by atomic mass is 32.2. The number of hydrogen-bond acceptors (Lipinski definition) is 4. The first-order valence-corrected chi connectivity index (χ1v) is 9.52.